The molecule has 3 aromatic rings. The van der Waals surface area contributed by atoms with Crippen molar-refractivity contribution in [2.45, 2.75) is 6.61 Å². The molecule has 172 valence electrons. The van der Waals surface area contributed by atoms with E-state index in [4.69, 9.17) is 27.9 Å². The zero-order valence-corrected chi connectivity index (χ0v) is 20.2. The van der Waals surface area contributed by atoms with Crippen LogP contribution in [0.25, 0.3) is 6.08 Å². The highest BCUT2D eigenvalue weighted by atomic mass is 79.9. The molecular formula is C24H14BrCl2FN2O4. The number of urea groups is 1. The van der Waals surface area contributed by atoms with E-state index in [-0.39, 0.29) is 33.7 Å². The Bertz CT molecular complexity index is 1350. The Kier molecular flexibility index (Phi) is 7.02. The Labute approximate surface area is 212 Å². The maximum atomic E-state index is 13.0. The van der Waals surface area contributed by atoms with Crippen LogP contribution in [0.4, 0.5) is 14.9 Å². The summed E-state index contributed by atoms with van der Waals surface area (Å²) in [5.74, 6) is -1.44. The molecule has 3 aromatic carbocycles. The number of barbiturate groups is 1. The van der Waals surface area contributed by atoms with Crippen LogP contribution >= 0.6 is 39.1 Å². The molecular weight excluding hydrogens is 550 g/mol. The van der Waals surface area contributed by atoms with Crippen molar-refractivity contribution in [1.29, 1.82) is 0 Å². The van der Waals surface area contributed by atoms with E-state index in [1.165, 1.54) is 36.4 Å². The van der Waals surface area contributed by atoms with Crippen molar-refractivity contribution >= 4 is 68.7 Å². The van der Waals surface area contributed by atoms with Gasteiger partial charge in [-0.15, -0.1) is 0 Å². The Balaban J connectivity index is 1.56. The maximum Gasteiger partial charge on any atom is 0.335 e. The first kappa shape index (κ1) is 23.9. The summed E-state index contributed by atoms with van der Waals surface area (Å²) in [6.45, 7) is 0.223. The predicted molar refractivity (Wildman–Crippen MR) is 130 cm³/mol. The van der Waals surface area contributed by atoms with Gasteiger partial charge in [-0.2, -0.15) is 0 Å². The maximum absolute atomic E-state index is 13.0. The van der Waals surface area contributed by atoms with Crippen LogP contribution in [0, 0.1) is 5.82 Å². The van der Waals surface area contributed by atoms with Crippen molar-refractivity contribution < 1.29 is 23.5 Å². The number of carbonyl (C=O) groups is 3. The topological polar surface area (TPSA) is 75.7 Å². The van der Waals surface area contributed by atoms with E-state index in [9.17, 15) is 18.8 Å². The van der Waals surface area contributed by atoms with Crippen molar-refractivity contribution in [3.63, 3.8) is 0 Å². The molecule has 1 heterocycles. The summed E-state index contributed by atoms with van der Waals surface area (Å²) in [5, 5.41) is 2.56. The molecule has 0 radical (unpaired) electrons. The number of anilines is 1. The highest BCUT2D eigenvalue weighted by molar-refractivity contribution is 9.10. The Morgan fingerprint density at radius 1 is 0.971 bits per heavy atom. The minimum atomic E-state index is -0.892. The molecule has 34 heavy (non-hydrogen) atoms. The van der Waals surface area contributed by atoms with Gasteiger partial charge in [-0.3, -0.25) is 14.9 Å². The number of hydrogen-bond acceptors (Lipinski definition) is 4. The molecule has 1 saturated heterocycles. The molecule has 0 bridgehead atoms. The number of halogens is 4. The number of benzene rings is 3. The van der Waals surface area contributed by atoms with Crippen molar-refractivity contribution in [3.05, 3.63) is 97.7 Å². The minimum absolute atomic E-state index is 0.155. The Morgan fingerprint density at radius 3 is 2.38 bits per heavy atom. The fourth-order valence-corrected chi connectivity index (χ4v) is 3.95. The second-order valence-corrected chi connectivity index (χ2v) is 8.83. The van der Waals surface area contributed by atoms with Gasteiger partial charge in [-0.25, -0.2) is 14.1 Å². The predicted octanol–water partition coefficient (Wildman–Crippen LogP) is 6.14. The molecule has 1 aliphatic rings. The van der Waals surface area contributed by atoms with Crippen LogP contribution in [-0.2, 0) is 16.2 Å². The van der Waals surface area contributed by atoms with Gasteiger partial charge < -0.3 is 4.74 Å². The zero-order valence-electron chi connectivity index (χ0n) is 17.2. The molecule has 0 aliphatic carbocycles. The van der Waals surface area contributed by atoms with Crippen LogP contribution in [0.15, 0.2) is 70.7 Å². The van der Waals surface area contributed by atoms with Crippen molar-refractivity contribution in [3.8, 4) is 5.75 Å². The number of imide groups is 2. The van der Waals surface area contributed by atoms with Crippen LogP contribution in [0.2, 0.25) is 10.0 Å². The van der Waals surface area contributed by atoms with Gasteiger partial charge in [0.15, 0.2) is 0 Å². The highest BCUT2D eigenvalue weighted by Crippen LogP contribution is 2.31. The third-order valence-electron chi connectivity index (χ3n) is 4.84. The van der Waals surface area contributed by atoms with E-state index in [0.717, 1.165) is 10.5 Å². The molecule has 1 aliphatic heterocycles. The number of amides is 4. The summed E-state index contributed by atoms with van der Waals surface area (Å²) in [5.41, 5.74) is 1.23. The molecule has 1 fully saturated rings. The highest BCUT2D eigenvalue weighted by Gasteiger charge is 2.37. The summed E-state index contributed by atoms with van der Waals surface area (Å²) >= 11 is 15.3. The molecule has 0 atom stereocenters. The third-order valence-corrected chi connectivity index (χ3v) is 6.20. The quantitative estimate of drug-likeness (QED) is 0.299. The lowest BCUT2D eigenvalue weighted by molar-refractivity contribution is -0.122. The molecule has 4 amide bonds. The van der Waals surface area contributed by atoms with Gasteiger partial charge in [0.2, 0.25) is 0 Å². The van der Waals surface area contributed by atoms with Crippen LogP contribution < -0.4 is 15.0 Å². The number of hydrogen-bond donors (Lipinski definition) is 1. The minimum Gasteiger partial charge on any atom is -0.488 e. The number of rotatable bonds is 5. The number of carbonyl (C=O) groups excluding carboxylic acids is 3. The molecule has 4 rings (SSSR count). The summed E-state index contributed by atoms with van der Waals surface area (Å²) < 4.78 is 19.4. The second kappa shape index (κ2) is 9.97. The molecule has 0 spiro atoms. The summed E-state index contributed by atoms with van der Waals surface area (Å²) in [7, 11) is 0. The van der Waals surface area contributed by atoms with Gasteiger partial charge in [0.25, 0.3) is 11.8 Å². The van der Waals surface area contributed by atoms with E-state index in [1.54, 1.807) is 30.3 Å². The molecule has 0 aromatic heterocycles. The average molecular weight is 564 g/mol. The van der Waals surface area contributed by atoms with E-state index in [0.29, 0.717) is 15.8 Å². The van der Waals surface area contributed by atoms with Gasteiger partial charge in [0.05, 0.1) is 20.2 Å². The van der Waals surface area contributed by atoms with E-state index < -0.39 is 17.8 Å². The van der Waals surface area contributed by atoms with E-state index in [2.05, 4.69) is 21.2 Å². The lowest BCUT2D eigenvalue weighted by Gasteiger charge is -2.26. The summed E-state index contributed by atoms with van der Waals surface area (Å²) in [6.07, 6.45) is 1.36. The normalized spacial score (nSPS) is 15.0. The smallest absolute Gasteiger partial charge is 0.335 e. The number of nitrogens with zero attached hydrogens (tertiary/aromatic N) is 1. The number of nitrogens with one attached hydrogen (secondary N) is 1. The zero-order chi connectivity index (χ0) is 24.4. The summed E-state index contributed by atoms with van der Waals surface area (Å²) in [4.78, 5) is 38.6. The van der Waals surface area contributed by atoms with Gasteiger partial charge in [-0.1, -0.05) is 41.4 Å². The lowest BCUT2D eigenvalue weighted by atomic mass is 10.1. The van der Waals surface area contributed by atoms with Crippen molar-refractivity contribution in [2.75, 3.05) is 4.90 Å². The van der Waals surface area contributed by atoms with Crippen molar-refractivity contribution in [1.82, 2.24) is 5.32 Å². The average Bonchev–Trinajstić information content (AvgIpc) is 2.79. The SMILES string of the molecule is O=C1NC(=O)N(c2ccc(Cl)c(Cl)c2)C(=O)/C1=C/c1ccc(OCc2ccc(F)cc2)c(Br)c1. The Morgan fingerprint density at radius 2 is 1.71 bits per heavy atom. The molecule has 10 heteroatoms. The lowest BCUT2D eigenvalue weighted by Crippen LogP contribution is -2.54. The fraction of sp³-hybridized carbons (Fsp3) is 0.0417. The summed E-state index contributed by atoms with van der Waals surface area (Å²) in [6, 6.07) is 14.3. The second-order valence-electron chi connectivity index (χ2n) is 7.16. The van der Waals surface area contributed by atoms with Crippen LogP contribution in [0.1, 0.15) is 11.1 Å². The van der Waals surface area contributed by atoms with Crippen LogP contribution in [-0.4, -0.2) is 17.8 Å². The van der Waals surface area contributed by atoms with Gasteiger partial charge in [0.1, 0.15) is 23.7 Å². The number of ether oxygens (including phenoxy) is 1. The van der Waals surface area contributed by atoms with Gasteiger partial charge in [0, 0.05) is 0 Å². The van der Waals surface area contributed by atoms with Crippen LogP contribution in [0.3, 0.4) is 0 Å². The third kappa shape index (κ3) is 5.14. The standard InChI is InChI=1S/C24H14BrCl2FN2O4/c25-18-10-14(3-8-21(18)34-12-13-1-4-15(28)5-2-13)9-17-22(31)29-24(33)30(23(17)32)16-6-7-19(26)20(27)11-16/h1-11H,12H2,(H,29,31,33)/b17-9+. The first-order chi connectivity index (χ1) is 16.2. The van der Waals surface area contributed by atoms with Crippen molar-refractivity contribution in [2.24, 2.45) is 0 Å². The molecule has 0 saturated carbocycles. The monoisotopic (exact) mass is 562 g/mol. The van der Waals surface area contributed by atoms with E-state index in [1.807, 2.05) is 0 Å². The molecule has 0 unspecified atom stereocenters. The van der Waals surface area contributed by atoms with E-state index >= 15 is 0 Å². The molecule has 1 N–H and O–H groups in total. The van der Waals surface area contributed by atoms with Gasteiger partial charge >= 0.3 is 6.03 Å². The molecule has 6 nitrogen and oxygen atoms in total. The first-order valence-corrected chi connectivity index (χ1v) is 11.3. The van der Waals surface area contributed by atoms with Crippen LogP contribution in [0.5, 0.6) is 5.75 Å². The first-order valence-electron chi connectivity index (χ1n) is 9.76. The fourth-order valence-electron chi connectivity index (χ4n) is 3.15. The Hall–Kier alpha value is -3.20. The largest absolute Gasteiger partial charge is 0.488 e. The van der Waals surface area contributed by atoms with Gasteiger partial charge in [-0.05, 0) is 75.6 Å².